The first-order valence-electron chi connectivity index (χ1n) is 14.2. The molecule has 0 saturated heterocycles. The van der Waals surface area contributed by atoms with Gasteiger partial charge < -0.3 is 9.47 Å². The molecule has 212 valence electrons. The third-order valence-corrected chi connectivity index (χ3v) is 7.17. The molecule has 0 amide bonds. The van der Waals surface area contributed by atoms with Gasteiger partial charge in [-0.3, -0.25) is 9.59 Å². The number of allylic oxidation sites excluding steroid dienone is 8. The average Bonchev–Trinajstić information content (AvgIpc) is 2.85. The van der Waals surface area contributed by atoms with Gasteiger partial charge in [-0.05, 0) is 97.6 Å². The van der Waals surface area contributed by atoms with Crippen LogP contribution in [0.15, 0.2) is 82.0 Å². The van der Waals surface area contributed by atoms with Gasteiger partial charge in [0.2, 0.25) is 0 Å². The lowest BCUT2D eigenvalue weighted by Gasteiger charge is -2.34. The molecule has 0 fully saturated rings. The van der Waals surface area contributed by atoms with E-state index in [4.69, 9.17) is 9.47 Å². The predicted molar refractivity (Wildman–Crippen MR) is 161 cm³/mol. The van der Waals surface area contributed by atoms with Crippen LogP contribution in [0.5, 0.6) is 0 Å². The molecule has 0 saturated carbocycles. The van der Waals surface area contributed by atoms with E-state index in [0.29, 0.717) is 6.42 Å². The number of fused-ring (bicyclic) bond motifs is 1. The van der Waals surface area contributed by atoms with Gasteiger partial charge in [-0.25, -0.2) is 0 Å². The minimum Gasteiger partial charge on any atom is -0.453 e. The number of carbonyl (C=O) groups is 2. The maximum atomic E-state index is 12.0. The van der Waals surface area contributed by atoms with Crippen LogP contribution in [0.25, 0.3) is 0 Å². The Balaban J connectivity index is 2.04. The van der Waals surface area contributed by atoms with E-state index in [1.807, 2.05) is 31.2 Å². The molecule has 0 aliphatic heterocycles. The molecule has 2 rings (SSSR count). The van der Waals surface area contributed by atoms with E-state index in [1.54, 1.807) is 0 Å². The van der Waals surface area contributed by atoms with Crippen molar-refractivity contribution in [1.29, 1.82) is 0 Å². The average molecular weight is 533 g/mol. The van der Waals surface area contributed by atoms with Crippen molar-refractivity contribution in [2.45, 2.75) is 113 Å². The van der Waals surface area contributed by atoms with E-state index in [2.05, 4.69) is 58.9 Å². The van der Waals surface area contributed by atoms with E-state index in [9.17, 15) is 9.59 Å². The molecule has 0 spiro atoms. The van der Waals surface area contributed by atoms with Crippen LogP contribution in [0.3, 0.4) is 0 Å². The minimum absolute atomic E-state index is 0.328. The number of ether oxygens (including phenoxy) is 2. The maximum Gasteiger partial charge on any atom is 0.303 e. The van der Waals surface area contributed by atoms with E-state index in [0.717, 1.165) is 60.8 Å². The molecular weight excluding hydrogens is 484 g/mol. The number of carbonyl (C=O) groups excluding carboxylic acids is 2. The molecule has 1 aliphatic rings. The van der Waals surface area contributed by atoms with Crippen LogP contribution in [0.2, 0.25) is 0 Å². The standard InChI is InChI=1S/C35H48O4/c1-24(2)14-11-15-25(3)16-12-17-26(4)18-13-19-27(5)22-23-31-28(6)34(38-29(7)36)32-20-9-10-21-33(32)35(31)39-30(8)37/h9-10,14,16,18,20-22,34-35H,11-13,15,17,19,23H2,1-8H3/b25-16+,26-18+,27-22+. The zero-order valence-electron chi connectivity index (χ0n) is 25.4. The van der Waals surface area contributed by atoms with Crippen molar-refractivity contribution < 1.29 is 19.1 Å². The second kappa shape index (κ2) is 16.1. The quantitative estimate of drug-likeness (QED) is 0.187. The van der Waals surface area contributed by atoms with Gasteiger partial charge in [-0.1, -0.05) is 70.9 Å². The summed E-state index contributed by atoms with van der Waals surface area (Å²) in [6.45, 7) is 15.7. The van der Waals surface area contributed by atoms with Gasteiger partial charge in [0.25, 0.3) is 0 Å². The van der Waals surface area contributed by atoms with Gasteiger partial charge in [0.05, 0.1) is 0 Å². The highest BCUT2D eigenvalue weighted by Crippen LogP contribution is 2.45. The molecular formula is C35H48O4. The Morgan fingerprint density at radius 2 is 1.10 bits per heavy atom. The topological polar surface area (TPSA) is 52.6 Å². The molecule has 0 aromatic heterocycles. The van der Waals surface area contributed by atoms with Crippen LogP contribution < -0.4 is 0 Å². The highest BCUT2D eigenvalue weighted by atomic mass is 16.6. The molecule has 1 aliphatic carbocycles. The van der Waals surface area contributed by atoms with Gasteiger partial charge in [0, 0.05) is 25.0 Å². The Morgan fingerprint density at radius 3 is 1.59 bits per heavy atom. The largest absolute Gasteiger partial charge is 0.453 e. The number of hydrogen-bond donors (Lipinski definition) is 0. The lowest BCUT2D eigenvalue weighted by Crippen LogP contribution is -2.24. The van der Waals surface area contributed by atoms with Crippen molar-refractivity contribution in [2.75, 3.05) is 0 Å². The number of hydrogen-bond acceptors (Lipinski definition) is 4. The molecule has 0 heterocycles. The van der Waals surface area contributed by atoms with E-state index < -0.39 is 12.2 Å². The second-order valence-electron chi connectivity index (χ2n) is 11.1. The highest BCUT2D eigenvalue weighted by molar-refractivity contribution is 5.69. The molecule has 2 unspecified atom stereocenters. The zero-order chi connectivity index (χ0) is 28.9. The van der Waals surface area contributed by atoms with Crippen molar-refractivity contribution in [2.24, 2.45) is 0 Å². The third-order valence-electron chi connectivity index (χ3n) is 7.17. The molecule has 1 aromatic carbocycles. The molecule has 4 heteroatoms. The summed E-state index contributed by atoms with van der Waals surface area (Å²) in [5, 5.41) is 0. The van der Waals surface area contributed by atoms with Crippen molar-refractivity contribution in [3.8, 4) is 0 Å². The Kier molecular flexibility index (Phi) is 13.2. The Hall–Kier alpha value is -3.14. The monoisotopic (exact) mass is 532 g/mol. The van der Waals surface area contributed by atoms with E-state index >= 15 is 0 Å². The first-order chi connectivity index (χ1) is 18.5. The molecule has 0 bridgehead atoms. The third kappa shape index (κ3) is 10.9. The van der Waals surface area contributed by atoms with Crippen molar-refractivity contribution in [3.05, 3.63) is 93.1 Å². The van der Waals surface area contributed by atoms with E-state index in [1.165, 1.54) is 36.1 Å². The Morgan fingerprint density at radius 1 is 0.667 bits per heavy atom. The molecule has 39 heavy (non-hydrogen) atoms. The summed E-state index contributed by atoms with van der Waals surface area (Å²) in [4.78, 5) is 23.9. The Labute approximate surface area is 236 Å². The Bertz CT molecular complexity index is 1150. The van der Waals surface area contributed by atoms with Crippen LogP contribution in [-0.4, -0.2) is 11.9 Å². The first-order valence-corrected chi connectivity index (χ1v) is 14.2. The number of esters is 2. The van der Waals surface area contributed by atoms with Crippen molar-refractivity contribution >= 4 is 11.9 Å². The fraction of sp³-hybridized carbons (Fsp3) is 0.486. The van der Waals surface area contributed by atoms with Crippen LogP contribution in [0.1, 0.15) is 124 Å². The molecule has 1 aromatic rings. The summed E-state index contributed by atoms with van der Waals surface area (Å²) >= 11 is 0. The lowest BCUT2D eigenvalue weighted by molar-refractivity contribution is -0.148. The van der Waals surface area contributed by atoms with Gasteiger partial charge in [0.15, 0.2) is 0 Å². The van der Waals surface area contributed by atoms with Crippen LogP contribution >= 0.6 is 0 Å². The predicted octanol–water partition coefficient (Wildman–Crippen LogP) is 9.76. The fourth-order valence-corrected chi connectivity index (χ4v) is 4.94. The van der Waals surface area contributed by atoms with Crippen LogP contribution in [0, 0.1) is 0 Å². The summed E-state index contributed by atoms with van der Waals surface area (Å²) in [6, 6.07) is 7.74. The van der Waals surface area contributed by atoms with Crippen LogP contribution in [0.4, 0.5) is 0 Å². The lowest BCUT2D eigenvalue weighted by atomic mass is 9.80. The van der Waals surface area contributed by atoms with Crippen LogP contribution in [-0.2, 0) is 19.1 Å². The summed E-state index contributed by atoms with van der Waals surface area (Å²) in [7, 11) is 0. The van der Waals surface area contributed by atoms with Crippen molar-refractivity contribution in [1.82, 2.24) is 0 Å². The highest BCUT2D eigenvalue weighted by Gasteiger charge is 2.35. The SMILES string of the molecule is CC(=O)OC1C(C)=C(C/C=C(\C)CC/C=C(\C)CC/C=C(\C)CCC=C(C)C)C(OC(C)=O)c2ccccc21. The molecule has 4 nitrogen and oxygen atoms in total. The molecule has 0 radical (unpaired) electrons. The minimum atomic E-state index is -0.477. The smallest absolute Gasteiger partial charge is 0.303 e. The summed E-state index contributed by atoms with van der Waals surface area (Å²) < 4.78 is 11.5. The van der Waals surface area contributed by atoms with Gasteiger partial charge in [-0.15, -0.1) is 0 Å². The van der Waals surface area contributed by atoms with Gasteiger partial charge in [-0.2, -0.15) is 0 Å². The first kappa shape index (κ1) is 32.1. The normalized spacial score (nSPS) is 18.0. The van der Waals surface area contributed by atoms with E-state index in [-0.39, 0.29) is 11.9 Å². The molecule has 0 N–H and O–H groups in total. The van der Waals surface area contributed by atoms with Crippen molar-refractivity contribution in [3.63, 3.8) is 0 Å². The van der Waals surface area contributed by atoms with Gasteiger partial charge in [0.1, 0.15) is 12.2 Å². The molecule has 2 atom stereocenters. The zero-order valence-corrected chi connectivity index (χ0v) is 25.4. The second-order valence-corrected chi connectivity index (χ2v) is 11.1. The van der Waals surface area contributed by atoms with Gasteiger partial charge >= 0.3 is 11.9 Å². The number of rotatable bonds is 13. The summed E-state index contributed by atoms with van der Waals surface area (Å²) in [5.41, 5.74) is 9.24. The fourth-order valence-electron chi connectivity index (χ4n) is 4.94. The number of benzene rings is 1. The summed E-state index contributed by atoms with van der Waals surface area (Å²) in [5.74, 6) is -0.659. The maximum absolute atomic E-state index is 12.0. The summed E-state index contributed by atoms with van der Waals surface area (Å²) in [6.07, 6.45) is 15.4.